The molecule has 9 rings (SSSR count). The first-order valence-electron chi connectivity index (χ1n) is 23.0. The van der Waals surface area contributed by atoms with Crippen molar-refractivity contribution in [2.45, 2.75) is 36.3 Å². The number of hydrogen-bond donors (Lipinski definition) is 10. The molecule has 0 unspecified atom stereocenters. The van der Waals surface area contributed by atoms with Crippen molar-refractivity contribution in [2.75, 3.05) is 21.5 Å². The Morgan fingerprint density at radius 3 is 1.58 bits per heavy atom. The Hall–Kier alpha value is -8.52. The van der Waals surface area contributed by atoms with Gasteiger partial charge in [-0.1, -0.05) is 41.1 Å². The maximum Gasteiger partial charge on any atom is 0.295 e. The van der Waals surface area contributed by atoms with E-state index in [0.717, 1.165) is 59.9 Å². The van der Waals surface area contributed by atoms with E-state index < -0.39 is 101 Å². The monoisotopic (exact) mass is 1310 g/mol. The van der Waals surface area contributed by atoms with Crippen molar-refractivity contribution in [3.05, 3.63) is 144 Å². The van der Waals surface area contributed by atoms with E-state index in [9.17, 15) is 83.1 Å². The van der Waals surface area contributed by atoms with Crippen molar-refractivity contribution < 1.29 is 77.8 Å². The first-order valence-corrected chi connectivity index (χ1v) is 32.8. The molecule has 0 saturated carbocycles. The summed E-state index contributed by atoms with van der Waals surface area (Å²) >= 11 is 7.07. The highest BCUT2D eigenvalue weighted by atomic mass is 35.5. The molecular weight excluding hydrogens is 1280 g/mol. The van der Waals surface area contributed by atoms with Crippen LogP contribution in [0.15, 0.2) is 177 Å². The van der Waals surface area contributed by atoms with Crippen LogP contribution in [0.1, 0.15) is 11.1 Å². The highest BCUT2D eigenvalue weighted by Crippen LogP contribution is 2.44. The number of halogens is 1. The normalized spacial score (nSPS) is 12.7. The molecule has 10 N–H and O–H groups in total. The minimum Gasteiger partial charge on any atom is -0.339 e. The molecule has 2 aromatic heterocycles. The Balaban J connectivity index is 1.11. The van der Waals surface area contributed by atoms with E-state index >= 15 is 0 Å². The summed E-state index contributed by atoms with van der Waals surface area (Å²) < 4.78 is 205. The van der Waals surface area contributed by atoms with Gasteiger partial charge in [-0.3, -0.25) is 27.3 Å². The summed E-state index contributed by atoms with van der Waals surface area (Å²) in [6.45, 7) is 1.51. The lowest BCUT2D eigenvalue weighted by atomic mass is 10.1. The van der Waals surface area contributed by atoms with Crippen LogP contribution in [0.2, 0.25) is 5.02 Å². The van der Waals surface area contributed by atoms with E-state index in [0.29, 0.717) is 22.7 Å². The summed E-state index contributed by atoms with van der Waals surface area (Å²) in [6.07, 6.45) is 0. The average molecular weight is 1310 g/mol. The van der Waals surface area contributed by atoms with Crippen molar-refractivity contribution in [1.82, 2.24) is 9.97 Å². The predicted octanol–water partition coefficient (Wildman–Crippen LogP) is 10.6. The molecule has 0 saturated heterocycles. The minimum absolute atomic E-state index is 0.0150. The van der Waals surface area contributed by atoms with Crippen LogP contribution in [0.5, 0.6) is 0 Å². The third-order valence-electron chi connectivity index (χ3n) is 12.0. The van der Waals surface area contributed by atoms with Gasteiger partial charge in [-0.05, 0) is 116 Å². The van der Waals surface area contributed by atoms with Crippen LogP contribution in [-0.2, 0) is 60.7 Å². The van der Waals surface area contributed by atoms with Gasteiger partial charge >= 0.3 is 0 Å². The fourth-order valence-corrected chi connectivity index (χ4v) is 12.4. The van der Waals surface area contributed by atoms with E-state index in [-0.39, 0.29) is 83.5 Å². The Morgan fingerprint density at radius 1 is 0.494 bits per heavy atom. The zero-order chi connectivity index (χ0) is 61.8. The molecule has 0 spiro atoms. The molecule has 0 radical (unpaired) electrons. The molecular formula is C48H34ClN11O18S7. The van der Waals surface area contributed by atoms with E-state index in [1.54, 1.807) is 24.3 Å². The molecule has 29 nitrogen and oxygen atoms in total. The number of nitriles is 1. The van der Waals surface area contributed by atoms with Crippen LogP contribution in [0.3, 0.4) is 0 Å². The Kier molecular flexibility index (Phi) is 16.4. The number of nitrogens with zero attached hydrogens (tertiary/aromatic N) is 7. The van der Waals surface area contributed by atoms with Gasteiger partial charge in [-0.15, -0.1) is 20.5 Å². The Labute approximate surface area is 489 Å². The summed E-state index contributed by atoms with van der Waals surface area (Å²) in [6, 6.07) is 26.5. The van der Waals surface area contributed by atoms with Crippen molar-refractivity contribution >= 4 is 161 Å². The van der Waals surface area contributed by atoms with Crippen LogP contribution in [-0.4, -0.2) is 87.8 Å². The molecule has 0 bridgehead atoms. The number of nitrogens with one attached hydrogen (secondary N) is 4. The van der Waals surface area contributed by atoms with Crippen molar-refractivity contribution in [3.8, 4) is 17.3 Å². The van der Waals surface area contributed by atoms with E-state index in [2.05, 4.69) is 51.9 Å². The lowest BCUT2D eigenvalue weighted by Crippen LogP contribution is -2.12. The standard InChI is InChI=1S/C48H34ClN11O18S7/c1-24-38(23-50)45(51-27-6-10-30(11-7-27)80(61,62)63)54-46(52-28-8-12-31(13-9-28)81(64,65)66)43(24)58-60-48-53-44(25-2-4-26(49)5-3-25)47(79-48)59-57-39-16-17-40(35-20-32(82(67,68)69)14-15-34(35)39)56-55-29-18-36-37(41(19-29)84(73,74)75)21-33(83(70,71)72)22-42(36)85(76,77)78/h2-22,55-56H,1H3,(H2,51,52,54)(H,61,62,63)(H,64,65,66)(H,67,68,69)(H,70,71,72)(H,73,74,75)(H,76,77,78)/b59-57+,60-58+. The van der Waals surface area contributed by atoms with Crippen LogP contribution < -0.4 is 21.5 Å². The number of rotatable bonds is 18. The number of anilines is 6. The van der Waals surface area contributed by atoms with Gasteiger partial charge in [0, 0.05) is 49.1 Å². The zero-order valence-corrected chi connectivity index (χ0v) is 48.5. The van der Waals surface area contributed by atoms with E-state index in [1.807, 2.05) is 6.07 Å². The lowest BCUT2D eigenvalue weighted by Gasteiger charge is -2.16. The van der Waals surface area contributed by atoms with Gasteiger partial charge in [0.15, 0.2) is 16.6 Å². The number of aromatic nitrogens is 2. The Bertz CT molecular complexity index is 5090. The molecule has 0 aliphatic carbocycles. The first-order chi connectivity index (χ1) is 39.6. The van der Waals surface area contributed by atoms with Gasteiger partial charge in [0.2, 0.25) is 5.13 Å². The average Bonchev–Trinajstić information content (AvgIpc) is 1.67. The van der Waals surface area contributed by atoms with E-state index in [1.165, 1.54) is 49.4 Å². The molecule has 0 aliphatic rings. The molecule has 85 heavy (non-hydrogen) atoms. The summed E-state index contributed by atoms with van der Waals surface area (Å²) in [5, 5.41) is 33.1. The number of hydrazine groups is 1. The highest BCUT2D eigenvalue weighted by molar-refractivity contribution is 7.87. The molecule has 438 valence electrons. The molecule has 0 aliphatic heterocycles. The number of thiazole rings is 1. The molecule has 7 aromatic carbocycles. The number of benzene rings is 7. The lowest BCUT2D eigenvalue weighted by molar-refractivity contribution is 0.477. The topological polar surface area (TPSA) is 473 Å². The fourth-order valence-electron chi connectivity index (χ4n) is 8.05. The van der Waals surface area contributed by atoms with Crippen molar-refractivity contribution in [1.29, 1.82) is 5.26 Å². The second kappa shape index (κ2) is 22.8. The van der Waals surface area contributed by atoms with Gasteiger partial charge in [-0.25, -0.2) is 9.97 Å². The van der Waals surface area contributed by atoms with Crippen molar-refractivity contribution in [2.24, 2.45) is 20.5 Å². The van der Waals surface area contributed by atoms with Gasteiger partial charge in [-0.2, -0.15) is 55.8 Å². The predicted molar refractivity (Wildman–Crippen MR) is 308 cm³/mol. The number of fused-ring (bicyclic) bond motifs is 2. The zero-order valence-electron chi connectivity index (χ0n) is 42.1. The SMILES string of the molecule is Cc1c(C#N)c(Nc2ccc(S(=O)(=O)O)cc2)nc(Nc2ccc(S(=O)(=O)O)cc2)c1/N=N/c1nc(-c2ccc(Cl)cc2)c(/N=N/c2ccc(NNc3cc(S(=O)(=O)O)c4cc(S(=O)(=O)O)cc(S(=O)(=O)O)c4c3)c3cc(S(=O)(=O)O)ccc23)s1. The second-order valence-corrected chi connectivity index (χ2v) is 27.4. The highest BCUT2D eigenvalue weighted by Gasteiger charge is 2.27. The molecule has 0 amide bonds. The van der Waals surface area contributed by atoms with Crippen LogP contribution in [0.25, 0.3) is 32.8 Å². The number of pyridine rings is 1. The smallest absolute Gasteiger partial charge is 0.295 e. The van der Waals surface area contributed by atoms with Gasteiger partial charge in [0.1, 0.15) is 27.2 Å². The maximum atomic E-state index is 12.6. The van der Waals surface area contributed by atoms with Crippen LogP contribution >= 0.6 is 22.9 Å². The summed E-state index contributed by atoms with van der Waals surface area (Å²) in [7, 11) is -30.0. The molecule has 0 atom stereocenters. The summed E-state index contributed by atoms with van der Waals surface area (Å²) in [5.74, 6) is -0.150. The van der Waals surface area contributed by atoms with Gasteiger partial charge < -0.3 is 21.5 Å². The summed E-state index contributed by atoms with van der Waals surface area (Å²) in [4.78, 5) is 4.32. The van der Waals surface area contributed by atoms with E-state index in [4.69, 9.17) is 11.6 Å². The third kappa shape index (κ3) is 13.7. The van der Waals surface area contributed by atoms with Crippen LogP contribution in [0.4, 0.5) is 55.9 Å². The quantitative estimate of drug-likeness (QED) is 0.0217. The van der Waals surface area contributed by atoms with Gasteiger partial charge in [0.25, 0.3) is 60.7 Å². The van der Waals surface area contributed by atoms with Crippen LogP contribution in [0, 0.1) is 18.3 Å². The second-order valence-electron chi connectivity index (χ2n) is 17.6. The minimum atomic E-state index is -5.37. The van der Waals surface area contributed by atoms with Gasteiger partial charge in [0.05, 0.1) is 42.2 Å². The molecule has 0 fully saturated rings. The maximum absolute atomic E-state index is 12.6. The first kappa shape index (κ1) is 61.1. The number of azo groups is 2. The van der Waals surface area contributed by atoms with Crippen molar-refractivity contribution in [3.63, 3.8) is 0 Å². The number of hydrogen-bond acceptors (Lipinski definition) is 24. The molecule has 37 heteroatoms. The largest absolute Gasteiger partial charge is 0.339 e. The third-order valence-corrected chi connectivity index (χ3v) is 18.3. The fraction of sp³-hybridized carbons (Fsp3) is 0.0208. The summed E-state index contributed by atoms with van der Waals surface area (Å²) in [5.41, 5.74) is 6.03. The Morgan fingerprint density at radius 2 is 1.02 bits per heavy atom. The molecule has 9 aromatic rings. The molecule has 2 heterocycles.